The number of thioether (sulfide) groups is 1. The lowest BCUT2D eigenvalue weighted by Crippen LogP contribution is -2.23. The SMILES string of the molecule is CSc1ccc([N+](=O)[O-])c(C(=O)NCc2cccc(C#N)c2)c1. The molecule has 2 aromatic rings. The molecule has 0 radical (unpaired) electrons. The van der Waals surface area contributed by atoms with Gasteiger partial charge in [-0.05, 0) is 36.1 Å². The molecule has 0 saturated carbocycles. The third-order valence-corrected chi connectivity index (χ3v) is 3.88. The number of nitro groups is 1. The summed E-state index contributed by atoms with van der Waals surface area (Å²) < 4.78 is 0. The molecule has 0 aliphatic carbocycles. The summed E-state index contributed by atoms with van der Waals surface area (Å²) in [5.74, 6) is -0.519. The molecule has 7 heteroatoms. The third kappa shape index (κ3) is 4.08. The minimum absolute atomic E-state index is 0.0262. The molecule has 0 bridgehead atoms. The first-order valence-electron chi connectivity index (χ1n) is 6.65. The van der Waals surface area contributed by atoms with Gasteiger partial charge in [-0.3, -0.25) is 14.9 Å². The van der Waals surface area contributed by atoms with Crippen LogP contribution in [-0.2, 0) is 6.54 Å². The Hall–Kier alpha value is -2.85. The summed E-state index contributed by atoms with van der Waals surface area (Å²) in [5.41, 5.74) is 1.04. The molecule has 1 amide bonds. The molecule has 0 aliphatic heterocycles. The predicted octanol–water partition coefficient (Wildman–Crippen LogP) is 3.12. The Kier molecular flexibility index (Phi) is 5.33. The van der Waals surface area contributed by atoms with Crippen molar-refractivity contribution in [3.8, 4) is 6.07 Å². The summed E-state index contributed by atoms with van der Waals surface area (Å²) in [4.78, 5) is 23.5. The average Bonchev–Trinajstić information content (AvgIpc) is 2.59. The van der Waals surface area contributed by atoms with Gasteiger partial charge >= 0.3 is 0 Å². The van der Waals surface area contributed by atoms with Crippen LogP contribution in [0.4, 0.5) is 5.69 Å². The van der Waals surface area contributed by atoms with E-state index >= 15 is 0 Å². The van der Waals surface area contributed by atoms with E-state index in [1.807, 2.05) is 12.3 Å². The minimum atomic E-state index is -0.574. The monoisotopic (exact) mass is 327 g/mol. The van der Waals surface area contributed by atoms with Gasteiger partial charge in [0.05, 0.1) is 16.6 Å². The molecule has 116 valence electrons. The number of amides is 1. The number of nitro benzene ring substituents is 1. The normalized spacial score (nSPS) is 9.91. The van der Waals surface area contributed by atoms with Crippen LogP contribution in [0.25, 0.3) is 0 Å². The Bertz CT molecular complexity index is 799. The first-order valence-corrected chi connectivity index (χ1v) is 7.87. The molecule has 2 rings (SSSR count). The van der Waals surface area contributed by atoms with E-state index in [0.717, 1.165) is 10.5 Å². The fourth-order valence-electron chi connectivity index (χ4n) is 2.01. The van der Waals surface area contributed by atoms with Crippen LogP contribution in [0.15, 0.2) is 47.4 Å². The second-order valence-corrected chi connectivity index (χ2v) is 5.51. The topological polar surface area (TPSA) is 96.0 Å². The second-order valence-electron chi connectivity index (χ2n) is 4.64. The van der Waals surface area contributed by atoms with Crippen LogP contribution in [0.5, 0.6) is 0 Å². The molecule has 23 heavy (non-hydrogen) atoms. The molecule has 0 unspecified atom stereocenters. The number of carbonyl (C=O) groups is 1. The van der Waals surface area contributed by atoms with Crippen LogP contribution in [-0.4, -0.2) is 17.1 Å². The Labute approximate surface area is 137 Å². The summed E-state index contributed by atoms with van der Waals surface area (Å²) >= 11 is 1.40. The molecular weight excluding hydrogens is 314 g/mol. The fourth-order valence-corrected chi connectivity index (χ4v) is 2.45. The van der Waals surface area contributed by atoms with E-state index in [4.69, 9.17) is 5.26 Å². The first kappa shape index (κ1) is 16.5. The van der Waals surface area contributed by atoms with Crippen molar-refractivity contribution in [3.63, 3.8) is 0 Å². The van der Waals surface area contributed by atoms with Gasteiger partial charge in [0.15, 0.2) is 0 Å². The van der Waals surface area contributed by atoms with E-state index in [1.165, 1.54) is 23.9 Å². The van der Waals surface area contributed by atoms with Crippen molar-refractivity contribution in [3.05, 3.63) is 69.3 Å². The zero-order valence-electron chi connectivity index (χ0n) is 12.3. The Balaban J connectivity index is 2.20. The van der Waals surface area contributed by atoms with Crippen LogP contribution in [0.2, 0.25) is 0 Å². The summed E-state index contributed by atoms with van der Waals surface area (Å²) in [6.07, 6.45) is 1.83. The van der Waals surface area contributed by atoms with Crippen LogP contribution < -0.4 is 5.32 Å². The number of benzene rings is 2. The number of carbonyl (C=O) groups excluding carboxylic acids is 1. The zero-order valence-corrected chi connectivity index (χ0v) is 13.1. The van der Waals surface area contributed by atoms with E-state index in [9.17, 15) is 14.9 Å². The van der Waals surface area contributed by atoms with Crippen LogP contribution in [0.3, 0.4) is 0 Å². The Morgan fingerprint density at radius 2 is 2.13 bits per heavy atom. The lowest BCUT2D eigenvalue weighted by Gasteiger charge is -2.07. The number of rotatable bonds is 5. The van der Waals surface area contributed by atoms with Crippen molar-refractivity contribution in [1.82, 2.24) is 5.32 Å². The standard InChI is InChI=1S/C16H13N3O3S/c1-23-13-5-6-15(19(21)22)14(8-13)16(20)18-10-12-4-2-3-11(7-12)9-17/h2-8H,10H2,1H3,(H,18,20). The van der Waals surface area contributed by atoms with Gasteiger partial charge in [0.1, 0.15) is 5.56 Å². The molecular formula is C16H13N3O3S. The number of hydrogen-bond acceptors (Lipinski definition) is 5. The maximum atomic E-state index is 12.3. The van der Waals surface area contributed by atoms with E-state index in [1.54, 1.807) is 30.3 Å². The summed E-state index contributed by atoms with van der Waals surface area (Å²) in [7, 11) is 0. The lowest BCUT2D eigenvalue weighted by atomic mass is 10.1. The summed E-state index contributed by atoms with van der Waals surface area (Å²) in [5, 5.41) is 22.6. The Morgan fingerprint density at radius 1 is 1.35 bits per heavy atom. The molecule has 2 aromatic carbocycles. The number of nitrogens with zero attached hydrogens (tertiary/aromatic N) is 2. The molecule has 0 spiro atoms. The highest BCUT2D eigenvalue weighted by atomic mass is 32.2. The predicted molar refractivity (Wildman–Crippen MR) is 87.2 cm³/mol. The highest BCUT2D eigenvalue weighted by Crippen LogP contribution is 2.24. The maximum Gasteiger partial charge on any atom is 0.282 e. The number of nitriles is 1. The van der Waals surface area contributed by atoms with Gasteiger partial charge in [-0.2, -0.15) is 5.26 Å². The molecule has 0 saturated heterocycles. The van der Waals surface area contributed by atoms with Crippen LogP contribution in [0, 0.1) is 21.4 Å². The average molecular weight is 327 g/mol. The molecule has 0 heterocycles. The molecule has 0 atom stereocenters. The maximum absolute atomic E-state index is 12.3. The smallest absolute Gasteiger partial charge is 0.282 e. The van der Waals surface area contributed by atoms with Crippen molar-refractivity contribution in [2.45, 2.75) is 11.4 Å². The first-order chi connectivity index (χ1) is 11.0. The summed E-state index contributed by atoms with van der Waals surface area (Å²) in [6, 6.07) is 13.3. The number of nitrogens with one attached hydrogen (secondary N) is 1. The largest absolute Gasteiger partial charge is 0.348 e. The van der Waals surface area contributed by atoms with Crippen molar-refractivity contribution in [2.75, 3.05) is 6.26 Å². The van der Waals surface area contributed by atoms with Gasteiger partial charge in [0.25, 0.3) is 11.6 Å². The zero-order chi connectivity index (χ0) is 16.8. The van der Waals surface area contributed by atoms with Gasteiger partial charge in [0.2, 0.25) is 0 Å². The van der Waals surface area contributed by atoms with E-state index in [-0.39, 0.29) is 17.8 Å². The van der Waals surface area contributed by atoms with Crippen molar-refractivity contribution in [1.29, 1.82) is 5.26 Å². The molecule has 1 N–H and O–H groups in total. The van der Waals surface area contributed by atoms with Gasteiger partial charge in [0, 0.05) is 17.5 Å². The quantitative estimate of drug-likeness (QED) is 0.517. The fraction of sp³-hybridized carbons (Fsp3) is 0.125. The van der Waals surface area contributed by atoms with Gasteiger partial charge in [-0.1, -0.05) is 12.1 Å². The van der Waals surface area contributed by atoms with E-state index in [2.05, 4.69) is 5.32 Å². The van der Waals surface area contributed by atoms with Crippen molar-refractivity contribution in [2.24, 2.45) is 0 Å². The summed E-state index contributed by atoms with van der Waals surface area (Å²) in [6.45, 7) is 0.189. The Morgan fingerprint density at radius 3 is 2.78 bits per heavy atom. The second kappa shape index (κ2) is 7.42. The van der Waals surface area contributed by atoms with Gasteiger partial charge in [-0.15, -0.1) is 11.8 Å². The molecule has 0 aromatic heterocycles. The molecule has 0 fully saturated rings. The van der Waals surface area contributed by atoms with Gasteiger partial charge in [-0.25, -0.2) is 0 Å². The van der Waals surface area contributed by atoms with Crippen LogP contribution in [0.1, 0.15) is 21.5 Å². The van der Waals surface area contributed by atoms with Crippen LogP contribution >= 0.6 is 11.8 Å². The van der Waals surface area contributed by atoms with E-state index < -0.39 is 10.8 Å². The van der Waals surface area contributed by atoms with Crippen molar-refractivity contribution >= 4 is 23.4 Å². The molecule has 6 nitrogen and oxygen atoms in total. The van der Waals surface area contributed by atoms with Crippen molar-refractivity contribution < 1.29 is 9.72 Å². The highest BCUT2D eigenvalue weighted by molar-refractivity contribution is 7.98. The van der Waals surface area contributed by atoms with E-state index in [0.29, 0.717) is 5.56 Å². The number of hydrogen-bond donors (Lipinski definition) is 1. The lowest BCUT2D eigenvalue weighted by molar-refractivity contribution is -0.385. The minimum Gasteiger partial charge on any atom is -0.348 e. The highest BCUT2D eigenvalue weighted by Gasteiger charge is 2.20. The third-order valence-electron chi connectivity index (χ3n) is 3.15. The van der Waals surface area contributed by atoms with Gasteiger partial charge < -0.3 is 5.32 Å². The molecule has 0 aliphatic rings.